The summed E-state index contributed by atoms with van der Waals surface area (Å²) >= 11 is 1.47. The van der Waals surface area contributed by atoms with Crippen LogP contribution in [0, 0.1) is 0 Å². The van der Waals surface area contributed by atoms with E-state index in [0.29, 0.717) is 18.5 Å². The normalized spacial score (nSPS) is 10.8. The molecule has 25 heavy (non-hydrogen) atoms. The van der Waals surface area contributed by atoms with Crippen molar-refractivity contribution in [3.05, 3.63) is 47.9 Å². The molecule has 7 heteroatoms. The first kappa shape index (κ1) is 17.3. The molecule has 1 N–H and O–H groups in total. The highest BCUT2D eigenvalue weighted by Crippen LogP contribution is 2.20. The maximum Gasteiger partial charge on any atom is 0.256 e. The molecule has 3 aromatic rings. The van der Waals surface area contributed by atoms with Gasteiger partial charge < -0.3 is 14.6 Å². The minimum Gasteiger partial charge on any atom is -0.497 e. The van der Waals surface area contributed by atoms with Gasteiger partial charge in [-0.1, -0.05) is 0 Å². The lowest BCUT2D eigenvalue weighted by Gasteiger charge is -2.17. The second kappa shape index (κ2) is 7.57. The Kier molecular flexibility index (Phi) is 5.23. The predicted molar refractivity (Wildman–Crippen MR) is 99.3 cm³/mol. The summed E-state index contributed by atoms with van der Waals surface area (Å²) < 4.78 is 5.22. The van der Waals surface area contributed by atoms with E-state index in [1.54, 1.807) is 31.3 Å². The largest absolute Gasteiger partial charge is 0.497 e. The number of rotatable bonds is 6. The average Bonchev–Trinajstić information content (AvgIpc) is 3.07. The molecule has 0 spiro atoms. The summed E-state index contributed by atoms with van der Waals surface area (Å²) in [6.45, 7) is 0.568. The third kappa shape index (κ3) is 3.76. The van der Waals surface area contributed by atoms with Gasteiger partial charge in [0.1, 0.15) is 16.6 Å². The molecule has 0 atom stereocenters. The van der Waals surface area contributed by atoms with Crippen LogP contribution in [0.4, 0.5) is 0 Å². The number of benzene rings is 1. The number of carbonyl (C=O) groups excluding carboxylic acids is 1. The molecule has 130 valence electrons. The number of pyridine rings is 1. The molecule has 0 unspecified atom stereocenters. The van der Waals surface area contributed by atoms with Crippen LogP contribution in [-0.4, -0.2) is 52.7 Å². The van der Waals surface area contributed by atoms with Crippen molar-refractivity contribution >= 4 is 28.7 Å². The molecule has 0 aliphatic rings. The summed E-state index contributed by atoms with van der Waals surface area (Å²) in [4.78, 5) is 26.4. The molecule has 0 aliphatic carbocycles. The predicted octanol–water partition coefficient (Wildman–Crippen LogP) is 3.00. The number of hydrogen-bond acceptors (Lipinski definition) is 5. The van der Waals surface area contributed by atoms with E-state index in [1.165, 1.54) is 11.8 Å². The smallest absolute Gasteiger partial charge is 0.256 e. The standard InChI is InChI=1S/C18H20N4O2S/c1-22(18(23)13-5-4-9-19-17(13)25-3)10-8-16-20-14-7-6-12(24-2)11-15(14)21-16/h4-7,9,11H,8,10H2,1-3H3,(H,20,21). The number of methoxy groups -OCH3 is 1. The van der Waals surface area contributed by atoms with Gasteiger partial charge in [0.25, 0.3) is 5.91 Å². The van der Waals surface area contributed by atoms with Crippen molar-refractivity contribution in [3.63, 3.8) is 0 Å². The van der Waals surface area contributed by atoms with Crippen molar-refractivity contribution in [2.75, 3.05) is 27.0 Å². The topological polar surface area (TPSA) is 71.1 Å². The quantitative estimate of drug-likeness (QED) is 0.688. The van der Waals surface area contributed by atoms with Crippen LogP contribution in [0.3, 0.4) is 0 Å². The second-order valence-electron chi connectivity index (χ2n) is 5.60. The lowest BCUT2D eigenvalue weighted by atomic mass is 10.2. The summed E-state index contributed by atoms with van der Waals surface area (Å²) in [5.74, 6) is 1.60. The number of fused-ring (bicyclic) bond motifs is 1. The summed E-state index contributed by atoms with van der Waals surface area (Å²) in [5.41, 5.74) is 2.45. The number of nitrogens with one attached hydrogen (secondary N) is 1. The molecule has 0 radical (unpaired) electrons. The van der Waals surface area contributed by atoms with Gasteiger partial charge >= 0.3 is 0 Å². The van der Waals surface area contributed by atoms with Crippen molar-refractivity contribution < 1.29 is 9.53 Å². The van der Waals surface area contributed by atoms with E-state index in [2.05, 4.69) is 15.0 Å². The Morgan fingerprint density at radius 2 is 2.20 bits per heavy atom. The molecule has 0 saturated heterocycles. The van der Waals surface area contributed by atoms with Gasteiger partial charge in [-0.2, -0.15) is 0 Å². The lowest BCUT2D eigenvalue weighted by Crippen LogP contribution is -2.29. The molecule has 1 amide bonds. The van der Waals surface area contributed by atoms with Gasteiger partial charge in [-0.25, -0.2) is 9.97 Å². The molecule has 3 rings (SSSR count). The molecule has 0 fully saturated rings. The Bertz CT molecular complexity index is 894. The fourth-order valence-corrected chi connectivity index (χ4v) is 3.13. The van der Waals surface area contributed by atoms with Gasteiger partial charge in [0, 0.05) is 32.3 Å². The van der Waals surface area contributed by atoms with Gasteiger partial charge in [-0.3, -0.25) is 4.79 Å². The van der Waals surface area contributed by atoms with E-state index < -0.39 is 0 Å². The molecule has 2 heterocycles. The summed E-state index contributed by atoms with van der Waals surface area (Å²) in [5, 5.41) is 0.746. The molecule has 0 aliphatic heterocycles. The maximum absolute atomic E-state index is 12.6. The van der Waals surface area contributed by atoms with Gasteiger partial charge in [0.15, 0.2) is 0 Å². The monoisotopic (exact) mass is 356 g/mol. The van der Waals surface area contributed by atoms with Crippen LogP contribution in [0.25, 0.3) is 11.0 Å². The summed E-state index contributed by atoms with van der Waals surface area (Å²) in [6.07, 6.45) is 4.27. The van der Waals surface area contributed by atoms with Crippen molar-refractivity contribution in [2.45, 2.75) is 11.4 Å². The van der Waals surface area contributed by atoms with Gasteiger partial charge in [0.2, 0.25) is 0 Å². The van der Waals surface area contributed by atoms with E-state index in [0.717, 1.165) is 27.6 Å². The molecule has 6 nitrogen and oxygen atoms in total. The van der Waals surface area contributed by atoms with Crippen molar-refractivity contribution in [1.82, 2.24) is 19.9 Å². The molecular weight excluding hydrogens is 336 g/mol. The van der Waals surface area contributed by atoms with Crippen molar-refractivity contribution in [1.29, 1.82) is 0 Å². The summed E-state index contributed by atoms with van der Waals surface area (Å²) in [7, 11) is 3.44. The van der Waals surface area contributed by atoms with Gasteiger partial charge in [0.05, 0.1) is 23.7 Å². The second-order valence-corrected chi connectivity index (χ2v) is 6.40. The minimum atomic E-state index is -0.0322. The molecule has 0 saturated carbocycles. The number of aromatic nitrogens is 3. The first-order chi connectivity index (χ1) is 12.1. The number of likely N-dealkylation sites (N-methyl/N-ethyl adjacent to an activating group) is 1. The number of carbonyl (C=O) groups is 1. The van der Waals surface area contributed by atoms with Crippen LogP contribution in [-0.2, 0) is 6.42 Å². The molecule has 1 aromatic carbocycles. The highest BCUT2D eigenvalue weighted by atomic mass is 32.2. The SMILES string of the molecule is COc1ccc2nc(CCN(C)C(=O)c3cccnc3SC)[nH]c2c1. The number of imidazole rings is 1. The van der Waals surface area contributed by atoms with E-state index in [-0.39, 0.29) is 5.91 Å². The number of hydrogen-bond donors (Lipinski definition) is 1. The van der Waals surface area contributed by atoms with Crippen molar-refractivity contribution in [3.8, 4) is 5.75 Å². The van der Waals surface area contributed by atoms with E-state index >= 15 is 0 Å². The van der Waals surface area contributed by atoms with E-state index in [4.69, 9.17) is 4.74 Å². The number of thioether (sulfide) groups is 1. The molecule has 2 aromatic heterocycles. The third-order valence-electron chi connectivity index (χ3n) is 3.96. The Morgan fingerprint density at radius 1 is 1.36 bits per heavy atom. The first-order valence-corrected chi connectivity index (χ1v) is 9.12. The first-order valence-electron chi connectivity index (χ1n) is 7.89. The van der Waals surface area contributed by atoms with Gasteiger partial charge in [-0.15, -0.1) is 11.8 Å². The van der Waals surface area contributed by atoms with Crippen LogP contribution < -0.4 is 4.74 Å². The number of H-pyrrole nitrogens is 1. The summed E-state index contributed by atoms with van der Waals surface area (Å²) in [6, 6.07) is 9.32. The zero-order valence-electron chi connectivity index (χ0n) is 14.4. The fraction of sp³-hybridized carbons (Fsp3) is 0.278. The minimum absolute atomic E-state index is 0.0322. The number of aromatic amines is 1. The number of nitrogens with zero attached hydrogens (tertiary/aromatic N) is 3. The van der Waals surface area contributed by atoms with E-state index in [1.807, 2.05) is 30.5 Å². The van der Waals surface area contributed by atoms with Gasteiger partial charge in [-0.05, 0) is 30.5 Å². The fourth-order valence-electron chi connectivity index (χ4n) is 2.58. The van der Waals surface area contributed by atoms with Crippen LogP contribution >= 0.6 is 11.8 Å². The zero-order valence-corrected chi connectivity index (χ0v) is 15.3. The molecular formula is C18H20N4O2S. The average molecular weight is 356 g/mol. The maximum atomic E-state index is 12.6. The van der Waals surface area contributed by atoms with Crippen LogP contribution in [0.15, 0.2) is 41.6 Å². The number of amides is 1. The Morgan fingerprint density at radius 3 is 2.96 bits per heavy atom. The van der Waals surface area contributed by atoms with E-state index in [9.17, 15) is 4.79 Å². The zero-order chi connectivity index (χ0) is 17.8. The Labute approximate surface area is 150 Å². The number of ether oxygens (including phenoxy) is 1. The van der Waals surface area contributed by atoms with Crippen molar-refractivity contribution in [2.24, 2.45) is 0 Å². The third-order valence-corrected chi connectivity index (χ3v) is 4.68. The highest BCUT2D eigenvalue weighted by Gasteiger charge is 2.16. The lowest BCUT2D eigenvalue weighted by molar-refractivity contribution is 0.0792. The van der Waals surface area contributed by atoms with Crippen LogP contribution in [0.1, 0.15) is 16.2 Å². The molecule has 0 bridgehead atoms. The highest BCUT2D eigenvalue weighted by molar-refractivity contribution is 7.98. The van der Waals surface area contributed by atoms with Crippen LogP contribution in [0.2, 0.25) is 0 Å². The Balaban J connectivity index is 1.69. The Hall–Kier alpha value is -2.54. The van der Waals surface area contributed by atoms with Crippen LogP contribution in [0.5, 0.6) is 5.75 Å².